The van der Waals surface area contributed by atoms with Crippen LogP contribution in [0.5, 0.6) is 0 Å². The van der Waals surface area contributed by atoms with Gasteiger partial charge in [0, 0.05) is 36.6 Å². The highest BCUT2D eigenvalue weighted by molar-refractivity contribution is 14.0. The van der Waals surface area contributed by atoms with Gasteiger partial charge in [-0.05, 0) is 44.1 Å². The summed E-state index contributed by atoms with van der Waals surface area (Å²) in [5.74, 6) is 0.894. The lowest BCUT2D eigenvalue weighted by Crippen LogP contribution is -2.43. The largest absolute Gasteiger partial charge is 0.356 e. The molecule has 1 aliphatic rings. The molecule has 130 valence electrons. The number of nitrogens with zero attached hydrogens (tertiary/aromatic N) is 2. The Morgan fingerprint density at radius 3 is 2.65 bits per heavy atom. The number of hydrogen-bond acceptors (Lipinski definition) is 2. The molecule has 1 aromatic carbocycles. The molecule has 0 bridgehead atoms. The Balaban J connectivity index is 0.00000264. The molecule has 4 nitrogen and oxygen atoms in total. The van der Waals surface area contributed by atoms with Crippen molar-refractivity contribution in [1.82, 2.24) is 15.5 Å². The van der Waals surface area contributed by atoms with E-state index in [9.17, 15) is 0 Å². The number of halogens is 2. The van der Waals surface area contributed by atoms with Crippen LogP contribution in [-0.4, -0.2) is 51.1 Å². The third-order valence-electron chi connectivity index (χ3n) is 4.43. The van der Waals surface area contributed by atoms with Crippen LogP contribution in [0.15, 0.2) is 33.7 Å². The Hall–Kier alpha value is -0.340. The van der Waals surface area contributed by atoms with E-state index in [1.165, 1.54) is 18.4 Å². The second kappa shape index (κ2) is 9.84. The molecule has 1 aromatic rings. The predicted octanol–water partition coefficient (Wildman–Crippen LogP) is 3.22. The van der Waals surface area contributed by atoms with Crippen LogP contribution in [0.4, 0.5) is 0 Å². The molecule has 0 heterocycles. The molecule has 2 N–H and O–H groups in total. The van der Waals surface area contributed by atoms with Gasteiger partial charge in [-0.25, -0.2) is 0 Å². The van der Waals surface area contributed by atoms with E-state index in [4.69, 9.17) is 0 Å². The zero-order chi connectivity index (χ0) is 16.0. The Morgan fingerprint density at radius 2 is 2.09 bits per heavy atom. The molecule has 0 saturated heterocycles. The minimum absolute atomic E-state index is 0. The van der Waals surface area contributed by atoms with Crippen molar-refractivity contribution >= 4 is 45.9 Å². The highest BCUT2D eigenvalue weighted by Gasteiger charge is 2.44. The molecule has 0 aromatic heterocycles. The van der Waals surface area contributed by atoms with Crippen molar-refractivity contribution in [3.63, 3.8) is 0 Å². The third-order valence-corrected chi connectivity index (χ3v) is 4.93. The maximum absolute atomic E-state index is 4.32. The first-order valence-electron chi connectivity index (χ1n) is 7.99. The number of rotatable bonds is 7. The summed E-state index contributed by atoms with van der Waals surface area (Å²) in [7, 11) is 3.96. The lowest BCUT2D eigenvalue weighted by atomic mass is 9.96. The summed E-state index contributed by atoms with van der Waals surface area (Å²) < 4.78 is 1.15. The smallest absolute Gasteiger partial charge is 0.191 e. The number of guanidine groups is 1. The molecule has 2 rings (SSSR count). The summed E-state index contributed by atoms with van der Waals surface area (Å²) in [6.45, 7) is 6.11. The maximum atomic E-state index is 4.32. The molecule has 6 heteroatoms. The van der Waals surface area contributed by atoms with E-state index in [0.717, 1.165) is 36.6 Å². The molecular formula is C17H28BrIN4. The SMILES string of the molecule is CCN(C)CCNC(=NC)NCC1(c2cccc(Br)c2)CC1.I. The lowest BCUT2D eigenvalue weighted by Gasteiger charge is -2.20. The molecule has 1 aliphatic carbocycles. The average Bonchev–Trinajstić information content (AvgIpc) is 3.31. The maximum Gasteiger partial charge on any atom is 0.191 e. The van der Waals surface area contributed by atoms with E-state index < -0.39 is 0 Å². The summed E-state index contributed by atoms with van der Waals surface area (Å²) in [6, 6.07) is 8.66. The number of likely N-dealkylation sites (N-methyl/N-ethyl adjacent to an activating group) is 1. The van der Waals surface area contributed by atoms with Crippen LogP contribution < -0.4 is 10.6 Å². The van der Waals surface area contributed by atoms with Crippen LogP contribution in [0.2, 0.25) is 0 Å². The van der Waals surface area contributed by atoms with Crippen molar-refractivity contribution in [2.75, 3.05) is 40.3 Å². The van der Waals surface area contributed by atoms with Crippen LogP contribution in [0.1, 0.15) is 25.3 Å². The van der Waals surface area contributed by atoms with E-state index in [2.05, 4.69) is 74.7 Å². The van der Waals surface area contributed by atoms with Gasteiger partial charge in [0.1, 0.15) is 0 Å². The van der Waals surface area contributed by atoms with Crippen LogP contribution in [0, 0.1) is 0 Å². The fourth-order valence-corrected chi connectivity index (χ4v) is 2.93. The van der Waals surface area contributed by atoms with Gasteiger partial charge in [-0.2, -0.15) is 0 Å². The molecule has 0 unspecified atom stereocenters. The van der Waals surface area contributed by atoms with Gasteiger partial charge in [-0.3, -0.25) is 4.99 Å². The second-order valence-electron chi connectivity index (χ2n) is 6.04. The average molecular weight is 495 g/mol. The molecule has 0 atom stereocenters. The van der Waals surface area contributed by atoms with Crippen molar-refractivity contribution < 1.29 is 0 Å². The summed E-state index contributed by atoms with van der Waals surface area (Å²) in [6.07, 6.45) is 2.48. The third kappa shape index (κ3) is 6.23. The fourth-order valence-electron chi connectivity index (χ4n) is 2.53. The standard InChI is InChI=1S/C17H27BrN4.HI/c1-4-22(3)11-10-20-16(19-2)21-13-17(8-9-17)14-6-5-7-15(18)12-14;/h5-7,12H,4,8-11,13H2,1-3H3,(H2,19,20,21);1H. The van der Waals surface area contributed by atoms with Gasteiger partial charge < -0.3 is 15.5 Å². The van der Waals surface area contributed by atoms with E-state index in [0.29, 0.717) is 0 Å². The van der Waals surface area contributed by atoms with Crippen molar-refractivity contribution in [3.8, 4) is 0 Å². The van der Waals surface area contributed by atoms with Crippen molar-refractivity contribution in [3.05, 3.63) is 34.3 Å². The highest BCUT2D eigenvalue weighted by Crippen LogP contribution is 2.48. The molecule has 0 spiro atoms. The molecule has 23 heavy (non-hydrogen) atoms. The number of nitrogens with one attached hydrogen (secondary N) is 2. The van der Waals surface area contributed by atoms with Gasteiger partial charge in [0.15, 0.2) is 5.96 Å². The number of aliphatic imine (C=N–C) groups is 1. The zero-order valence-electron chi connectivity index (χ0n) is 14.2. The summed E-state index contributed by atoms with van der Waals surface area (Å²) in [4.78, 5) is 6.60. The minimum atomic E-state index is 0. The summed E-state index contributed by atoms with van der Waals surface area (Å²) in [5.41, 5.74) is 1.69. The molecule has 1 saturated carbocycles. The zero-order valence-corrected chi connectivity index (χ0v) is 18.1. The highest BCUT2D eigenvalue weighted by atomic mass is 127. The first-order chi connectivity index (χ1) is 10.6. The van der Waals surface area contributed by atoms with Gasteiger partial charge in [0.25, 0.3) is 0 Å². The molecule has 0 amide bonds. The number of hydrogen-bond donors (Lipinski definition) is 2. The van der Waals surface area contributed by atoms with Gasteiger partial charge in [-0.1, -0.05) is 35.0 Å². The normalized spacial score (nSPS) is 16.0. The Kier molecular flexibility index (Phi) is 8.85. The van der Waals surface area contributed by atoms with E-state index >= 15 is 0 Å². The van der Waals surface area contributed by atoms with Gasteiger partial charge in [0.05, 0.1) is 0 Å². The first-order valence-corrected chi connectivity index (χ1v) is 8.78. The van der Waals surface area contributed by atoms with Gasteiger partial charge in [0.2, 0.25) is 0 Å². The molecule has 0 aliphatic heterocycles. The predicted molar refractivity (Wildman–Crippen MR) is 113 cm³/mol. The quantitative estimate of drug-likeness (QED) is 0.347. The monoisotopic (exact) mass is 494 g/mol. The van der Waals surface area contributed by atoms with Gasteiger partial charge >= 0.3 is 0 Å². The Bertz CT molecular complexity index is 517. The number of benzene rings is 1. The van der Waals surface area contributed by atoms with Crippen LogP contribution in [-0.2, 0) is 5.41 Å². The van der Waals surface area contributed by atoms with Crippen molar-refractivity contribution in [2.45, 2.75) is 25.2 Å². The van der Waals surface area contributed by atoms with Crippen LogP contribution in [0.25, 0.3) is 0 Å². The summed E-state index contributed by atoms with van der Waals surface area (Å²) >= 11 is 3.57. The fraction of sp³-hybridized carbons (Fsp3) is 0.588. The lowest BCUT2D eigenvalue weighted by molar-refractivity contribution is 0.357. The van der Waals surface area contributed by atoms with Crippen molar-refractivity contribution in [1.29, 1.82) is 0 Å². The summed E-state index contributed by atoms with van der Waals surface area (Å²) in [5, 5.41) is 6.87. The van der Waals surface area contributed by atoms with E-state index in [-0.39, 0.29) is 29.4 Å². The Labute approximate surface area is 165 Å². The molecule has 1 fully saturated rings. The molecule has 0 radical (unpaired) electrons. The van der Waals surface area contributed by atoms with Gasteiger partial charge in [-0.15, -0.1) is 24.0 Å². The first kappa shape index (κ1) is 20.7. The minimum Gasteiger partial charge on any atom is -0.356 e. The van der Waals surface area contributed by atoms with E-state index in [1.54, 1.807) is 0 Å². The van der Waals surface area contributed by atoms with Crippen LogP contribution in [0.3, 0.4) is 0 Å². The second-order valence-corrected chi connectivity index (χ2v) is 6.95. The van der Waals surface area contributed by atoms with E-state index in [1.807, 2.05) is 7.05 Å². The van der Waals surface area contributed by atoms with Crippen molar-refractivity contribution in [2.24, 2.45) is 4.99 Å². The molecular weight excluding hydrogens is 467 g/mol. The Morgan fingerprint density at radius 1 is 1.35 bits per heavy atom. The topological polar surface area (TPSA) is 39.7 Å². The van der Waals surface area contributed by atoms with Crippen LogP contribution >= 0.6 is 39.9 Å².